The van der Waals surface area contributed by atoms with E-state index in [9.17, 15) is 4.79 Å². The van der Waals surface area contributed by atoms with Crippen LogP contribution in [0.25, 0.3) is 11.5 Å². The SMILES string of the molecule is COc1ccc(OC)c(NC(=O)c2oc(-c3ccccc3)nc2C)c1. The molecule has 0 radical (unpaired) electrons. The Kier molecular flexibility index (Phi) is 4.70. The summed E-state index contributed by atoms with van der Waals surface area (Å²) in [5.41, 5.74) is 1.81. The fraction of sp³-hybridized carbons (Fsp3) is 0.158. The van der Waals surface area contributed by atoms with E-state index in [1.54, 1.807) is 32.2 Å². The van der Waals surface area contributed by atoms with E-state index in [2.05, 4.69) is 10.3 Å². The highest BCUT2D eigenvalue weighted by Crippen LogP contribution is 2.30. The summed E-state index contributed by atoms with van der Waals surface area (Å²) >= 11 is 0. The quantitative estimate of drug-likeness (QED) is 0.763. The second kappa shape index (κ2) is 7.09. The molecule has 6 nitrogen and oxygen atoms in total. The van der Waals surface area contributed by atoms with Gasteiger partial charge in [-0.25, -0.2) is 4.98 Å². The second-order valence-corrected chi connectivity index (χ2v) is 5.32. The fourth-order valence-electron chi connectivity index (χ4n) is 2.40. The van der Waals surface area contributed by atoms with Gasteiger partial charge < -0.3 is 19.2 Å². The topological polar surface area (TPSA) is 73.6 Å². The van der Waals surface area contributed by atoms with Crippen molar-refractivity contribution in [2.75, 3.05) is 19.5 Å². The number of hydrogen-bond donors (Lipinski definition) is 1. The van der Waals surface area contributed by atoms with E-state index in [4.69, 9.17) is 13.9 Å². The highest BCUT2D eigenvalue weighted by molar-refractivity contribution is 6.04. The first kappa shape index (κ1) is 16.6. The van der Waals surface area contributed by atoms with Crippen molar-refractivity contribution in [1.82, 2.24) is 4.98 Å². The Bertz CT molecular complexity index is 888. The van der Waals surface area contributed by atoms with Gasteiger partial charge in [-0.3, -0.25) is 4.79 Å². The lowest BCUT2D eigenvalue weighted by atomic mass is 10.2. The number of methoxy groups -OCH3 is 2. The molecule has 6 heteroatoms. The van der Waals surface area contributed by atoms with E-state index in [-0.39, 0.29) is 5.76 Å². The number of benzene rings is 2. The van der Waals surface area contributed by atoms with Crippen molar-refractivity contribution in [2.24, 2.45) is 0 Å². The summed E-state index contributed by atoms with van der Waals surface area (Å²) in [6, 6.07) is 14.6. The molecule has 0 unspecified atom stereocenters. The maximum absolute atomic E-state index is 12.6. The maximum atomic E-state index is 12.6. The lowest BCUT2D eigenvalue weighted by Gasteiger charge is -2.11. The summed E-state index contributed by atoms with van der Waals surface area (Å²) in [6.07, 6.45) is 0. The van der Waals surface area contributed by atoms with E-state index in [0.717, 1.165) is 5.56 Å². The number of aromatic nitrogens is 1. The molecule has 0 saturated heterocycles. The van der Waals surface area contributed by atoms with Crippen LogP contribution in [0, 0.1) is 6.92 Å². The molecule has 0 aliphatic heterocycles. The Morgan fingerprint density at radius 3 is 2.52 bits per heavy atom. The fourth-order valence-corrected chi connectivity index (χ4v) is 2.40. The number of nitrogens with one attached hydrogen (secondary N) is 1. The van der Waals surface area contributed by atoms with Crippen LogP contribution in [0.15, 0.2) is 52.9 Å². The zero-order valence-corrected chi connectivity index (χ0v) is 14.2. The van der Waals surface area contributed by atoms with Gasteiger partial charge in [-0.15, -0.1) is 0 Å². The number of carbonyl (C=O) groups excluding carboxylic acids is 1. The third-order valence-corrected chi connectivity index (χ3v) is 3.68. The van der Waals surface area contributed by atoms with Crippen LogP contribution in [-0.4, -0.2) is 25.1 Å². The molecule has 0 saturated carbocycles. The van der Waals surface area contributed by atoms with E-state index in [1.807, 2.05) is 30.3 Å². The van der Waals surface area contributed by atoms with Crippen molar-refractivity contribution in [1.29, 1.82) is 0 Å². The van der Waals surface area contributed by atoms with Crippen molar-refractivity contribution in [2.45, 2.75) is 6.92 Å². The summed E-state index contributed by atoms with van der Waals surface area (Å²) in [5, 5.41) is 2.78. The predicted molar refractivity (Wildman–Crippen MR) is 94.2 cm³/mol. The van der Waals surface area contributed by atoms with Gasteiger partial charge in [0.25, 0.3) is 5.91 Å². The lowest BCUT2D eigenvalue weighted by molar-refractivity contribution is 0.0996. The summed E-state index contributed by atoms with van der Waals surface area (Å²) in [5.74, 6) is 1.29. The van der Waals surface area contributed by atoms with E-state index in [0.29, 0.717) is 28.8 Å². The van der Waals surface area contributed by atoms with Crippen LogP contribution in [0.4, 0.5) is 5.69 Å². The second-order valence-electron chi connectivity index (χ2n) is 5.32. The first-order chi connectivity index (χ1) is 12.1. The minimum atomic E-state index is -0.404. The predicted octanol–water partition coefficient (Wildman–Crippen LogP) is 3.92. The molecule has 1 N–H and O–H groups in total. The third kappa shape index (κ3) is 3.47. The van der Waals surface area contributed by atoms with Gasteiger partial charge in [0, 0.05) is 11.6 Å². The van der Waals surface area contributed by atoms with Crippen LogP contribution >= 0.6 is 0 Å². The number of rotatable bonds is 5. The molecule has 3 rings (SSSR count). The Morgan fingerprint density at radius 1 is 1.08 bits per heavy atom. The van der Waals surface area contributed by atoms with E-state index < -0.39 is 5.91 Å². The first-order valence-corrected chi connectivity index (χ1v) is 7.68. The minimum Gasteiger partial charge on any atom is -0.497 e. The molecule has 2 aromatic carbocycles. The van der Waals surface area contributed by atoms with Crippen molar-refractivity contribution < 1.29 is 18.7 Å². The monoisotopic (exact) mass is 338 g/mol. The van der Waals surface area contributed by atoms with Gasteiger partial charge in [-0.05, 0) is 31.2 Å². The van der Waals surface area contributed by atoms with Gasteiger partial charge in [0.1, 0.15) is 11.5 Å². The standard InChI is InChI=1S/C19H18N2O4/c1-12-17(25-19(20-12)13-7-5-4-6-8-13)18(22)21-15-11-14(23-2)9-10-16(15)24-3/h4-11H,1-3H3,(H,21,22). The number of hydrogen-bond acceptors (Lipinski definition) is 5. The molecular formula is C19H18N2O4. The van der Waals surface area contributed by atoms with Crippen LogP contribution < -0.4 is 14.8 Å². The summed E-state index contributed by atoms with van der Waals surface area (Å²) < 4.78 is 16.1. The van der Waals surface area contributed by atoms with Crippen LogP contribution in [-0.2, 0) is 0 Å². The molecule has 25 heavy (non-hydrogen) atoms. The Balaban J connectivity index is 1.88. The average Bonchev–Trinajstić information content (AvgIpc) is 3.04. The number of ether oxygens (including phenoxy) is 2. The Labute approximate surface area is 145 Å². The number of aryl methyl sites for hydroxylation is 1. The Hall–Kier alpha value is -3.28. The van der Waals surface area contributed by atoms with Crippen LogP contribution in [0.3, 0.4) is 0 Å². The smallest absolute Gasteiger partial charge is 0.293 e. The highest BCUT2D eigenvalue weighted by atomic mass is 16.5. The zero-order chi connectivity index (χ0) is 17.8. The Morgan fingerprint density at radius 2 is 1.84 bits per heavy atom. The van der Waals surface area contributed by atoms with Crippen molar-refractivity contribution in [3.05, 3.63) is 60.0 Å². The van der Waals surface area contributed by atoms with Crippen LogP contribution in [0.5, 0.6) is 11.5 Å². The highest BCUT2D eigenvalue weighted by Gasteiger charge is 2.20. The normalized spacial score (nSPS) is 10.4. The van der Waals surface area contributed by atoms with Crippen molar-refractivity contribution in [3.8, 4) is 23.0 Å². The third-order valence-electron chi connectivity index (χ3n) is 3.68. The molecule has 0 spiro atoms. The van der Waals surface area contributed by atoms with Crippen LogP contribution in [0.2, 0.25) is 0 Å². The van der Waals surface area contributed by atoms with Gasteiger partial charge in [0.05, 0.1) is 25.6 Å². The van der Waals surface area contributed by atoms with Gasteiger partial charge in [-0.1, -0.05) is 18.2 Å². The van der Waals surface area contributed by atoms with Crippen molar-refractivity contribution in [3.63, 3.8) is 0 Å². The molecule has 128 valence electrons. The van der Waals surface area contributed by atoms with Crippen LogP contribution in [0.1, 0.15) is 16.2 Å². The van der Waals surface area contributed by atoms with E-state index in [1.165, 1.54) is 7.11 Å². The van der Waals surface area contributed by atoms with Gasteiger partial charge in [-0.2, -0.15) is 0 Å². The number of anilines is 1. The number of carbonyl (C=O) groups is 1. The minimum absolute atomic E-state index is 0.156. The number of nitrogens with zero attached hydrogens (tertiary/aromatic N) is 1. The lowest BCUT2D eigenvalue weighted by Crippen LogP contribution is -2.13. The molecule has 0 aliphatic rings. The van der Waals surface area contributed by atoms with Gasteiger partial charge >= 0.3 is 0 Å². The average molecular weight is 338 g/mol. The number of oxazole rings is 1. The molecule has 1 aromatic heterocycles. The van der Waals surface area contributed by atoms with Gasteiger partial charge in [0.15, 0.2) is 0 Å². The molecule has 0 aliphatic carbocycles. The summed E-state index contributed by atoms with van der Waals surface area (Å²) in [7, 11) is 3.09. The molecule has 0 atom stereocenters. The summed E-state index contributed by atoms with van der Waals surface area (Å²) in [6.45, 7) is 1.73. The molecule has 1 heterocycles. The molecular weight excluding hydrogens is 320 g/mol. The zero-order valence-electron chi connectivity index (χ0n) is 14.2. The maximum Gasteiger partial charge on any atom is 0.293 e. The molecule has 0 fully saturated rings. The molecule has 0 bridgehead atoms. The van der Waals surface area contributed by atoms with Gasteiger partial charge in [0.2, 0.25) is 11.7 Å². The summed E-state index contributed by atoms with van der Waals surface area (Å²) in [4.78, 5) is 16.9. The molecule has 1 amide bonds. The largest absolute Gasteiger partial charge is 0.497 e. The van der Waals surface area contributed by atoms with Crippen molar-refractivity contribution >= 4 is 11.6 Å². The number of amides is 1. The molecule has 3 aromatic rings. The van der Waals surface area contributed by atoms with E-state index >= 15 is 0 Å². The first-order valence-electron chi connectivity index (χ1n) is 7.68.